The van der Waals surface area contributed by atoms with Crippen LogP contribution in [0.2, 0.25) is 0 Å². The van der Waals surface area contributed by atoms with Gasteiger partial charge in [0.1, 0.15) is 11.6 Å². The van der Waals surface area contributed by atoms with Crippen LogP contribution in [0.3, 0.4) is 0 Å². The van der Waals surface area contributed by atoms with Crippen molar-refractivity contribution < 1.29 is 9.84 Å². The lowest BCUT2D eigenvalue weighted by Gasteiger charge is -2.31. The molecule has 2 atom stereocenters. The highest BCUT2D eigenvalue weighted by Gasteiger charge is 2.20. The first-order valence-corrected chi connectivity index (χ1v) is 6.89. The van der Waals surface area contributed by atoms with Crippen molar-refractivity contribution in [3.63, 3.8) is 0 Å². The molecule has 0 saturated heterocycles. The molecule has 4 nitrogen and oxygen atoms in total. The average molecular weight is 268 g/mol. The summed E-state index contributed by atoms with van der Waals surface area (Å²) in [6.45, 7) is 11.7. The zero-order valence-electron chi connectivity index (χ0n) is 12.9. The van der Waals surface area contributed by atoms with Crippen LogP contribution in [0, 0.1) is 11.3 Å². The quantitative estimate of drug-likeness (QED) is 0.687. The maximum absolute atomic E-state index is 9.51. The zero-order valence-corrected chi connectivity index (χ0v) is 12.9. The molecule has 4 heteroatoms. The molecule has 0 aromatic heterocycles. The number of hydrogen-bond acceptors (Lipinski definition) is 4. The summed E-state index contributed by atoms with van der Waals surface area (Å²) in [7, 11) is 1.82. The summed E-state index contributed by atoms with van der Waals surface area (Å²) >= 11 is 0. The minimum atomic E-state index is -0.316. The van der Waals surface area contributed by atoms with Crippen molar-refractivity contribution in [1.29, 1.82) is 5.26 Å². The number of hydrogen-bond donors (Lipinski definition) is 1. The maximum atomic E-state index is 9.51. The Labute approximate surface area is 117 Å². The number of aliphatic hydroxyl groups excluding tert-OH is 1. The number of rotatable bonds is 8. The third-order valence-corrected chi connectivity index (χ3v) is 2.92. The molecule has 0 spiro atoms. The molecule has 19 heavy (non-hydrogen) atoms. The Balaban J connectivity index is 4.29. The molecule has 0 heterocycles. The molecule has 0 bridgehead atoms. The molecule has 2 unspecified atom stereocenters. The van der Waals surface area contributed by atoms with E-state index in [0.717, 1.165) is 19.3 Å². The first kappa shape index (κ1) is 17.8. The first-order valence-electron chi connectivity index (χ1n) is 6.89. The molecule has 0 aliphatic carbocycles. The van der Waals surface area contributed by atoms with Gasteiger partial charge in [-0.15, -0.1) is 0 Å². The molecule has 0 rings (SSSR count). The second-order valence-corrected chi connectivity index (χ2v) is 5.86. The number of aliphatic hydroxyl groups is 1. The van der Waals surface area contributed by atoms with E-state index in [1.807, 2.05) is 34.7 Å². The second-order valence-electron chi connectivity index (χ2n) is 5.86. The summed E-state index contributed by atoms with van der Waals surface area (Å²) in [4.78, 5) is 1.77. The molecular weight excluding hydrogens is 240 g/mol. The van der Waals surface area contributed by atoms with Gasteiger partial charge in [0.05, 0.1) is 12.2 Å². The fourth-order valence-electron chi connectivity index (χ4n) is 1.69. The molecule has 0 amide bonds. The van der Waals surface area contributed by atoms with Crippen molar-refractivity contribution in [2.75, 3.05) is 7.05 Å². The molecule has 0 aliphatic heterocycles. The van der Waals surface area contributed by atoms with E-state index in [1.165, 1.54) is 0 Å². The minimum Gasteiger partial charge on any atom is -0.474 e. The molecule has 0 saturated carbocycles. The van der Waals surface area contributed by atoms with Gasteiger partial charge in [-0.2, -0.15) is 5.26 Å². The molecule has 0 aromatic carbocycles. The Hall–Kier alpha value is -1.21. The SMILES string of the molecule is C=C(OC(C)(C)C)N(C)C(C#N)CCCC(O)CC. The highest BCUT2D eigenvalue weighted by molar-refractivity contribution is 4.98. The molecule has 110 valence electrons. The van der Waals surface area contributed by atoms with E-state index in [-0.39, 0.29) is 17.7 Å². The van der Waals surface area contributed by atoms with Gasteiger partial charge in [0.15, 0.2) is 5.88 Å². The zero-order chi connectivity index (χ0) is 15.1. The van der Waals surface area contributed by atoms with Gasteiger partial charge < -0.3 is 14.7 Å². The average Bonchev–Trinajstić information content (AvgIpc) is 2.31. The van der Waals surface area contributed by atoms with Gasteiger partial charge in [0.2, 0.25) is 0 Å². The highest BCUT2D eigenvalue weighted by atomic mass is 16.5. The number of nitrogens with zero attached hydrogens (tertiary/aromatic N) is 2. The van der Waals surface area contributed by atoms with E-state index < -0.39 is 0 Å². The third kappa shape index (κ3) is 7.74. The summed E-state index contributed by atoms with van der Waals surface area (Å²) in [5.41, 5.74) is -0.316. The molecule has 1 N–H and O–H groups in total. The summed E-state index contributed by atoms with van der Waals surface area (Å²) < 4.78 is 5.66. The molecule has 0 aliphatic rings. The van der Waals surface area contributed by atoms with Crippen LogP contribution < -0.4 is 0 Å². The normalized spacial score (nSPS) is 14.4. The van der Waals surface area contributed by atoms with Gasteiger partial charge in [-0.1, -0.05) is 6.92 Å². The third-order valence-electron chi connectivity index (χ3n) is 2.92. The van der Waals surface area contributed by atoms with Crippen LogP contribution in [-0.2, 0) is 4.74 Å². The van der Waals surface area contributed by atoms with Crippen LogP contribution in [0.4, 0.5) is 0 Å². The minimum absolute atomic E-state index is 0.265. The second kappa shape index (κ2) is 8.06. The summed E-state index contributed by atoms with van der Waals surface area (Å²) in [6.07, 6.45) is 2.75. The van der Waals surface area contributed by atoms with E-state index in [9.17, 15) is 10.4 Å². The van der Waals surface area contributed by atoms with Crippen LogP contribution >= 0.6 is 0 Å². The molecular formula is C15H28N2O2. The Morgan fingerprint density at radius 3 is 2.42 bits per heavy atom. The standard InChI is InChI=1S/C15H28N2O2/c1-7-14(18)10-8-9-13(11-16)17(6)12(2)19-15(3,4)5/h13-14,18H,2,7-10H2,1,3-6H3. The Morgan fingerprint density at radius 1 is 1.42 bits per heavy atom. The van der Waals surface area contributed by atoms with E-state index in [1.54, 1.807) is 4.90 Å². The van der Waals surface area contributed by atoms with Crippen LogP contribution in [-0.4, -0.2) is 34.8 Å². The van der Waals surface area contributed by atoms with Crippen molar-refractivity contribution in [1.82, 2.24) is 4.90 Å². The van der Waals surface area contributed by atoms with Gasteiger partial charge in [0.25, 0.3) is 0 Å². The lowest BCUT2D eigenvalue weighted by atomic mass is 10.1. The van der Waals surface area contributed by atoms with Crippen LogP contribution in [0.15, 0.2) is 12.5 Å². The smallest absolute Gasteiger partial charge is 0.183 e. The lowest BCUT2D eigenvalue weighted by molar-refractivity contribution is 0.00314. The monoisotopic (exact) mass is 268 g/mol. The first-order chi connectivity index (χ1) is 8.71. The van der Waals surface area contributed by atoms with Crippen molar-refractivity contribution in [2.45, 2.75) is 71.1 Å². The summed E-state index contributed by atoms with van der Waals surface area (Å²) in [5.74, 6) is 0.509. The number of nitriles is 1. The van der Waals surface area contributed by atoms with Gasteiger partial charge in [0, 0.05) is 7.05 Å². The topological polar surface area (TPSA) is 56.5 Å². The van der Waals surface area contributed by atoms with Gasteiger partial charge in [-0.3, -0.25) is 0 Å². The van der Waals surface area contributed by atoms with Crippen molar-refractivity contribution in [3.8, 4) is 6.07 Å². The van der Waals surface area contributed by atoms with Crippen LogP contribution in [0.25, 0.3) is 0 Å². The molecule has 0 fully saturated rings. The van der Waals surface area contributed by atoms with Gasteiger partial charge in [-0.05, 0) is 53.0 Å². The fraction of sp³-hybridized carbons (Fsp3) is 0.800. The van der Waals surface area contributed by atoms with Crippen molar-refractivity contribution in [3.05, 3.63) is 12.5 Å². The Kier molecular flexibility index (Phi) is 7.55. The summed E-state index contributed by atoms with van der Waals surface area (Å²) in [6, 6.07) is 2.00. The Bertz CT molecular complexity index is 315. The lowest BCUT2D eigenvalue weighted by Crippen LogP contribution is -2.34. The van der Waals surface area contributed by atoms with Gasteiger partial charge >= 0.3 is 0 Å². The van der Waals surface area contributed by atoms with Crippen molar-refractivity contribution in [2.24, 2.45) is 0 Å². The van der Waals surface area contributed by atoms with E-state index in [2.05, 4.69) is 12.6 Å². The van der Waals surface area contributed by atoms with Crippen LogP contribution in [0.1, 0.15) is 53.4 Å². The predicted molar refractivity (Wildman–Crippen MR) is 77.3 cm³/mol. The maximum Gasteiger partial charge on any atom is 0.183 e. The summed E-state index contributed by atoms with van der Waals surface area (Å²) in [5, 5.41) is 18.7. The largest absolute Gasteiger partial charge is 0.474 e. The van der Waals surface area contributed by atoms with E-state index in [4.69, 9.17) is 4.74 Å². The molecule has 0 radical (unpaired) electrons. The van der Waals surface area contributed by atoms with Crippen molar-refractivity contribution >= 4 is 0 Å². The predicted octanol–water partition coefficient (Wildman–Crippen LogP) is 3.04. The molecule has 0 aromatic rings. The van der Waals surface area contributed by atoms with Crippen LogP contribution in [0.5, 0.6) is 0 Å². The van der Waals surface area contributed by atoms with E-state index in [0.29, 0.717) is 12.3 Å². The van der Waals surface area contributed by atoms with Gasteiger partial charge in [-0.25, -0.2) is 0 Å². The van der Waals surface area contributed by atoms with E-state index >= 15 is 0 Å². The number of ether oxygens (including phenoxy) is 1. The Morgan fingerprint density at radius 2 is 2.00 bits per heavy atom. The highest BCUT2D eigenvalue weighted by Crippen LogP contribution is 2.18. The fourth-order valence-corrected chi connectivity index (χ4v) is 1.69.